The topological polar surface area (TPSA) is 91.8 Å². The van der Waals surface area contributed by atoms with E-state index in [0.717, 1.165) is 16.7 Å². The van der Waals surface area contributed by atoms with Crippen LogP contribution in [0.3, 0.4) is 0 Å². The first kappa shape index (κ1) is 21.7. The molecular weight excluding hydrogens is 406 g/mol. The molecule has 0 bridgehead atoms. The molecule has 1 aliphatic rings. The van der Waals surface area contributed by atoms with Crippen LogP contribution >= 0.6 is 0 Å². The zero-order chi connectivity index (χ0) is 22.5. The normalized spacial score (nSPS) is 18.4. The number of aromatic nitrogens is 1. The highest BCUT2D eigenvalue weighted by Crippen LogP contribution is 2.31. The van der Waals surface area contributed by atoms with Crippen LogP contribution < -0.4 is 5.32 Å². The molecule has 2 amide bonds. The van der Waals surface area contributed by atoms with Crippen LogP contribution in [0.25, 0.3) is 0 Å². The van der Waals surface area contributed by atoms with Gasteiger partial charge < -0.3 is 20.1 Å². The number of carbonyl (C=O) groups is 2. The number of amides is 2. The van der Waals surface area contributed by atoms with Crippen molar-refractivity contribution in [3.8, 4) is 0 Å². The number of pyridine rings is 1. The molecule has 7 heteroatoms. The van der Waals surface area contributed by atoms with Crippen molar-refractivity contribution in [2.75, 3.05) is 18.5 Å². The highest BCUT2D eigenvalue weighted by Gasteiger charge is 2.37. The summed E-state index contributed by atoms with van der Waals surface area (Å²) in [5.41, 5.74) is 3.94. The zero-order valence-corrected chi connectivity index (χ0v) is 17.8. The number of hydrogen-bond acceptors (Lipinski definition) is 5. The summed E-state index contributed by atoms with van der Waals surface area (Å²) >= 11 is 0. The molecule has 1 aliphatic heterocycles. The molecule has 2 N–H and O–H groups in total. The van der Waals surface area contributed by atoms with Gasteiger partial charge in [0, 0.05) is 30.2 Å². The predicted octanol–water partition coefficient (Wildman–Crippen LogP) is 3.10. The number of morpholine rings is 1. The van der Waals surface area contributed by atoms with Gasteiger partial charge in [-0.3, -0.25) is 14.6 Å². The molecular formula is C25H25N3O4. The standard InChI is InChI=1S/C25H25N3O4/c1-17-4-2-3-5-21(17)25(31)27-20-8-6-19(7-9-20)24-22(15-29)28(23(30)16-32-24)14-18-10-12-26-13-11-18/h2-13,22,24,29H,14-16H2,1H3,(H,27,31). The lowest BCUT2D eigenvalue weighted by Crippen LogP contribution is -2.52. The Morgan fingerprint density at radius 1 is 1.12 bits per heavy atom. The summed E-state index contributed by atoms with van der Waals surface area (Å²) < 4.78 is 5.80. The van der Waals surface area contributed by atoms with Gasteiger partial charge in [0.25, 0.3) is 5.91 Å². The van der Waals surface area contributed by atoms with E-state index in [4.69, 9.17) is 4.74 Å². The van der Waals surface area contributed by atoms with Gasteiger partial charge in [-0.2, -0.15) is 0 Å². The lowest BCUT2D eigenvalue weighted by Gasteiger charge is -2.40. The number of aliphatic hydroxyl groups excluding tert-OH is 1. The molecule has 0 spiro atoms. The maximum atomic E-state index is 12.6. The number of nitrogens with zero attached hydrogens (tertiary/aromatic N) is 2. The van der Waals surface area contributed by atoms with Crippen LogP contribution in [0.4, 0.5) is 5.69 Å². The molecule has 0 aliphatic carbocycles. The van der Waals surface area contributed by atoms with E-state index in [1.807, 2.05) is 49.4 Å². The second-order valence-corrected chi connectivity index (χ2v) is 7.75. The molecule has 1 fully saturated rings. The second-order valence-electron chi connectivity index (χ2n) is 7.75. The number of ether oxygens (including phenoxy) is 1. The summed E-state index contributed by atoms with van der Waals surface area (Å²) in [6.07, 6.45) is 2.88. The highest BCUT2D eigenvalue weighted by atomic mass is 16.5. The van der Waals surface area contributed by atoms with Crippen molar-refractivity contribution in [2.24, 2.45) is 0 Å². The van der Waals surface area contributed by atoms with Crippen molar-refractivity contribution in [2.45, 2.75) is 25.6 Å². The van der Waals surface area contributed by atoms with Crippen LogP contribution in [0, 0.1) is 6.92 Å². The van der Waals surface area contributed by atoms with E-state index in [0.29, 0.717) is 17.8 Å². The minimum atomic E-state index is -0.517. The molecule has 4 rings (SSSR count). The Morgan fingerprint density at radius 2 is 1.84 bits per heavy atom. The SMILES string of the molecule is Cc1ccccc1C(=O)Nc1ccc(C2OCC(=O)N(Cc3ccncc3)C2CO)cc1. The summed E-state index contributed by atoms with van der Waals surface area (Å²) in [6.45, 7) is 1.98. The number of hydrogen-bond donors (Lipinski definition) is 2. The Labute approximate surface area is 186 Å². The zero-order valence-electron chi connectivity index (χ0n) is 17.8. The third kappa shape index (κ3) is 4.69. The molecule has 2 unspecified atom stereocenters. The highest BCUT2D eigenvalue weighted by molar-refractivity contribution is 6.05. The van der Waals surface area contributed by atoms with Crippen molar-refractivity contribution in [3.05, 3.63) is 95.3 Å². The van der Waals surface area contributed by atoms with E-state index in [1.54, 1.807) is 35.5 Å². The Bertz CT molecular complexity index is 1090. The monoisotopic (exact) mass is 431 g/mol. The van der Waals surface area contributed by atoms with E-state index in [-0.39, 0.29) is 25.0 Å². The molecule has 2 aromatic carbocycles. The molecule has 3 aromatic rings. The van der Waals surface area contributed by atoms with Gasteiger partial charge >= 0.3 is 0 Å². The van der Waals surface area contributed by atoms with Crippen LogP contribution in [0.2, 0.25) is 0 Å². The lowest BCUT2D eigenvalue weighted by atomic mass is 9.98. The summed E-state index contributed by atoms with van der Waals surface area (Å²) in [5, 5.41) is 13.0. The van der Waals surface area contributed by atoms with Crippen LogP contribution in [-0.4, -0.2) is 46.1 Å². The van der Waals surface area contributed by atoms with Crippen molar-refractivity contribution < 1.29 is 19.4 Å². The smallest absolute Gasteiger partial charge is 0.255 e. The number of carbonyl (C=O) groups excluding carboxylic acids is 2. The molecule has 7 nitrogen and oxygen atoms in total. The minimum absolute atomic E-state index is 0.0575. The van der Waals surface area contributed by atoms with Gasteiger partial charge in [-0.25, -0.2) is 0 Å². The van der Waals surface area contributed by atoms with E-state index in [9.17, 15) is 14.7 Å². The summed E-state index contributed by atoms with van der Waals surface area (Å²) in [6, 6.07) is 17.9. The fourth-order valence-corrected chi connectivity index (χ4v) is 3.89. The quantitative estimate of drug-likeness (QED) is 0.626. The summed E-state index contributed by atoms with van der Waals surface area (Å²) in [4.78, 5) is 30.7. The van der Waals surface area contributed by atoms with Gasteiger partial charge in [0.2, 0.25) is 5.91 Å². The molecule has 32 heavy (non-hydrogen) atoms. The first-order valence-corrected chi connectivity index (χ1v) is 10.4. The van der Waals surface area contributed by atoms with Crippen LogP contribution in [0.15, 0.2) is 73.1 Å². The van der Waals surface area contributed by atoms with Gasteiger partial charge in [0.1, 0.15) is 12.7 Å². The summed E-state index contributed by atoms with van der Waals surface area (Å²) in [5.74, 6) is -0.341. The van der Waals surface area contributed by atoms with Crippen molar-refractivity contribution in [1.82, 2.24) is 9.88 Å². The largest absolute Gasteiger partial charge is 0.394 e. The van der Waals surface area contributed by atoms with Gasteiger partial charge in [0.05, 0.1) is 12.6 Å². The maximum absolute atomic E-state index is 12.6. The molecule has 2 atom stereocenters. The Morgan fingerprint density at radius 3 is 2.53 bits per heavy atom. The average Bonchev–Trinajstić information content (AvgIpc) is 2.82. The maximum Gasteiger partial charge on any atom is 0.255 e. The van der Waals surface area contributed by atoms with E-state index >= 15 is 0 Å². The number of aryl methyl sites for hydroxylation is 1. The molecule has 1 saturated heterocycles. The van der Waals surface area contributed by atoms with Crippen LogP contribution in [0.1, 0.15) is 33.2 Å². The fraction of sp³-hybridized carbons (Fsp3) is 0.240. The Hall–Kier alpha value is -3.55. The third-order valence-corrected chi connectivity index (χ3v) is 5.63. The van der Waals surface area contributed by atoms with Gasteiger partial charge in [0.15, 0.2) is 0 Å². The van der Waals surface area contributed by atoms with Crippen molar-refractivity contribution >= 4 is 17.5 Å². The van der Waals surface area contributed by atoms with Gasteiger partial charge in [-0.15, -0.1) is 0 Å². The molecule has 0 saturated carbocycles. The first-order valence-electron chi connectivity index (χ1n) is 10.4. The minimum Gasteiger partial charge on any atom is -0.394 e. The molecule has 1 aromatic heterocycles. The molecule has 2 heterocycles. The van der Waals surface area contributed by atoms with Gasteiger partial charge in [-0.05, 0) is 53.9 Å². The first-order chi connectivity index (χ1) is 15.6. The van der Waals surface area contributed by atoms with E-state index in [1.165, 1.54) is 0 Å². The van der Waals surface area contributed by atoms with E-state index in [2.05, 4.69) is 10.3 Å². The van der Waals surface area contributed by atoms with Crippen LogP contribution in [-0.2, 0) is 16.1 Å². The number of aliphatic hydroxyl groups is 1. The summed E-state index contributed by atoms with van der Waals surface area (Å²) in [7, 11) is 0. The number of nitrogens with one attached hydrogen (secondary N) is 1. The predicted molar refractivity (Wildman–Crippen MR) is 120 cm³/mol. The Kier molecular flexibility index (Phi) is 6.58. The van der Waals surface area contributed by atoms with Crippen LogP contribution in [0.5, 0.6) is 0 Å². The van der Waals surface area contributed by atoms with E-state index < -0.39 is 12.1 Å². The third-order valence-electron chi connectivity index (χ3n) is 5.63. The number of rotatable bonds is 6. The second kappa shape index (κ2) is 9.72. The van der Waals surface area contributed by atoms with Crippen molar-refractivity contribution in [1.29, 1.82) is 0 Å². The number of benzene rings is 2. The molecule has 164 valence electrons. The fourth-order valence-electron chi connectivity index (χ4n) is 3.89. The molecule has 0 radical (unpaired) electrons. The number of anilines is 1. The Balaban J connectivity index is 1.49. The van der Waals surface area contributed by atoms with Crippen molar-refractivity contribution in [3.63, 3.8) is 0 Å². The average molecular weight is 431 g/mol. The van der Waals surface area contributed by atoms with Gasteiger partial charge in [-0.1, -0.05) is 30.3 Å². The lowest BCUT2D eigenvalue weighted by molar-refractivity contribution is -0.162.